The van der Waals surface area contributed by atoms with Crippen LogP contribution in [0.4, 0.5) is 0 Å². The first-order chi connectivity index (χ1) is 20.6. The average molecular weight is 596 g/mol. The van der Waals surface area contributed by atoms with Gasteiger partial charge in [0.05, 0.1) is 39.5 Å². The molecule has 2 amide bonds. The zero-order valence-corrected chi connectivity index (χ0v) is 25.0. The number of nitrogens with one attached hydrogen (secondary N) is 2. The Balaban J connectivity index is 1.50. The summed E-state index contributed by atoms with van der Waals surface area (Å²) in [7, 11) is 1.46. The number of aromatic hydroxyl groups is 1. The lowest BCUT2D eigenvalue weighted by molar-refractivity contribution is -0.134. The first kappa shape index (κ1) is 32.1. The minimum atomic E-state index is -1.10. The minimum Gasteiger partial charge on any atom is -0.508 e. The number of ketones is 2. The second kappa shape index (κ2) is 14.6. The lowest BCUT2D eigenvalue weighted by Crippen LogP contribution is -2.55. The summed E-state index contributed by atoms with van der Waals surface area (Å²) in [5.41, 5.74) is 0.423. The van der Waals surface area contributed by atoms with Crippen LogP contribution in [0.2, 0.25) is 0 Å². The smallest absolute Gasteiger partial charge is 0.243 e. The fraction of sp³-hybridized carbons (Fsp3) is 0.500. The molecule has 43 heavy (non-hydrogen) atoms. The van der Waals surface area contributed by atoms with E-state index in [0.29, 0.717) is 37.6 Å². The molecule has 232 valence electrons. The maximum Gasteiger partial charge on any atom is 0.243 e. The molecule has 2 saturated heterocycles. The number of nitrogens with zero attached hydrogens (tertiary/aromatic N) is 1. The monoisotopic (exact) mass is 595 g/mol. The van der Waals surface area contributed by atoms with E-state index < -0.39 is 35.4 Å². The Hall–Kier alpha value is -3.80. The molecule has 2 aromatic carbocycles. The fourth-order valence-corrected chi connectivity index (χ4v) is 5.10. The summed E-state index contributed by atoms with van der Waals surface area (Å²) < 4.78 is 16.0. The van der Waals surface area contributed by atoms with Crippen LogP contribution < -0.4 is 15.4 Å². The van der Waals surface area contributed by atoms with E-state index in [4.69, 9.17) is 14.2 Å². The van der Waals surface area contributed by atoms with Crippen molar-refractivity contribution in [2.75, 3.05) is 46.6 Å². The molecule has 2 aliphatic heterocycles. The third-order valence-electron chi connectivity index (χ3n) is 7.76. The first-order valence-corrected chi connectivity index (χ1v) is 14.6. The molecule has 0 spiro atoms. The topological polar surface area (TPSA) is 147 Å². The zero-order chi connectivity index (χ0) is 31.0. The van der Waals surface area contributed by atoms with Crippen LogP contribution in [-0.2, 0) is 41.5 Å². The Morgan fingerprint density at radius 2 is 1.63 bits per heavy atom. The average Bonchev–Trinajstić information content (AvgIpc) is 3.74. The number of carbonyl (C=O) groups is 4. The Labute approximate surface area is 251 Å². The van der Waals surface area contributed by atoms with Crippen LogP contribution in [0.25, 0.3) is 0 Å². The fourth-order valence-electron chi connectivity index (χ4n) is 5.10. The van der Waals surface area contributed by atoms with E-state index in [1.165, 1.54) is 19.2 Å². The summed E-state index contributed by atoms with van der Waals surface area (Å²) in [5, 5.41) is 15.8. The van der Waals surface area contributed by atoms with Crippen LogP contribution >= 0.6 is 0 Å². The Bertz CT molecular complexity index is 1290. The van der Waals surface area contributed by atoms with E-state index in [1.807, 2.05) is 35.2 Å². The lowest BCUT2D eigenvalue weighted by Gasteiger charge is -2.27. The van der Waals surface area contributed by atoms with Gasteiger partial charge in [0.15, 0.2) is 5.78 Å². The lowest BCUT2D eigenvalue weighted by atomic mass is 9.94. The molecule has 2 aliphatic rings. The van der Waals surface area contributed by atoms with Gasteiger partial charge in [-0.1, -0.05) is 37.3 Å². The molecule has 3 N–H and O–H groups in total. The van der Waals surface area contributed by atoms with Gasteiger partial charge in [-0.15, -0.1) is 0 Å². The number of rotatable bonds is 15. The molecule has 0 bridgehead atoms. The van der Waals surface area contributed by atoms with E-state index in [1.54, 1.807) is 19.9 Å². The number of hydrogen-bond donors (Lipinski definition) is 3. The van der Waals surface area contributed by atoms with Crippen molar-refractivity contribution in [1.29, 1.82) is 0 Å². The number of ether oxygens (including phenoxy) is 3. The number of amides is 2. The number of phenols is 1. The molecule has 2 fully saturated rings. The minimum absolute atomic E-state index is 0.0107. The maximum atomic E-state index is 13.8. The highest BCUT2D eigenvalue weighted by molar-refractivity contribution is 5.98. The summed E-state index contributed by atoms with van der Waals surface area (Å²) in [6, 6.07) is 11.9. The molecule has 0 aromatic heterocycles. The van der Waals surface area contributed by atoms with Gasteiger partial charge in [0.1, 0.15) is 28.9 Å². The predicted molar refractivity (Wildman–Crippen MR) is 158 cm³/mol. The van der Waals surface area contributed by atoms with E-state index in [9.17, 15) is 24.3 Å². The maximum absolute atomic E-state index is 13.8. The van der Waals surface area contributed by atoms with Gasteiger partial charge < -0.3 is 30.0 Å². The summed E-state index contributed by atoms with van der Waals surface area (Å²) >= 11 is 0. The third kappa shape index (κ3) is 9.34. The summed E-state index contributed by atoms with van der Waals surface area (Å²) in [4.78, 5) is 55.2. The standard InChI is InChI=1S/C32H41N3O8/c1-21(13-25(37)19-35-9-11-42-12-10-35)30(39)34-28(17-23-14-24(36)18-26(15-23)41-3)31(40)33-27(29(38)32(2)20-43-32)16-22-7-5-4-6-8-22/h4-8,14-15,18,21,27-28,36H,9-13,16-17,19-20H2,1-3H3,(H,33,40)(H,34,39). The summed E-state index contributed by atoms with van der Waals surface area (Å²) in [5.74, 6) is -1.73. The van der Waals surface area contributed by atoms with Crippen LogP contribution in [0.5, 0.6) is 11.5 Å². The summed E-state index contributed by atoms with van der Waals surface area (Å²) in [6.45, 7) is 6.30. The van der Waals surface area contributed by atoms with Crippen LogP contribution in [0, 0.1) is 5.92 Å². The normalized spacial score (nSPS) is 20.3. The van der Waals surface area contributed by atoms with Crippen molar-refractivity contribution in [3.05, 3.63) is 59.7 Å². The molecule has 0 radical (unpaired) electrons. The molecule has 11 nitrogen and oxygen atoms in total. The quantitative estimate of drug-likeness (QED) is 0.260. The van der Waals surface area contributed by atoms with E-state index in [-0.39, 0.29) is 49.7 Å². The van der Waals surface area contributed by atoms with E-state index >= 15 is 0 Å². The molecule has 11 heteroatoms. The van der Waals surface area contributed by atoms with Gasteiger partial charge in [-0.2, -0.15) is 0 Å². The number of carbonyl (C=O) groups excluding carboxylic acids is 4. The van der Waals surface area contributed by atoms with Gasteiger partial charge in [-0.25, -0.2) is 0 Å². The van der Waals surface area contributed by atoms with Crippen molar-refractivity contribution in [2.24, 2.45) is 5.92 Å². The van der Waals surface area contributed by atoms with Crippen LogP contribution in [0.15, 0.2) is 48.5 Å². The molecule has 4 atom stereocenters. The van der Waals surface area contributed by atoms with Crippen molar-refractivity contribution in [2.45, 2.75) is 50.8 Å². The van der Waals surface area contributed by atoms with Gasteiger partial charge in [-0.3, -0.25) is 24.1 Å². The Kier molecular flexibility index (Phi) is 10.9. The highest BCUT2D eigenvalue weighted by Gasteiger charge is 2.50. The molecule has 2 aromatic rings. The van der Waals surface area contributed by atoms with Gasteiger partial charge in [0.2, 0.25) is 11.8 Å². The van der Waals surface area contributed by atoms with Crippen molar-refractivity contribution in [3.63, 3.8) is 0 Å². The van der Waals surface area contributed by atoms with E-state index in [2.05, 4.69) is 10.6 Å². The highest BCUT2D eigenvalue weighted by atomic mass is 16.6. The Morgan fingerprint density at radius 1 is 0.977 bits per heavy atom. The zero-order valence-electron chi connectivity index (χ0n) is 25.0. The molecule has 4 rings (SSSR count). The van der Waals surface area contributed by atoms with Crippen LogP contribution in [0.3, 0.4) is 0 Å². The number of epoxide rings is 1. The predicted octanol–water partition coefficient (Wildman–Crippen LogP) is 1.44. The summed E-state index contributed by atoms with van der Waals surface area (Å²) in [6.07, 6.45) is 0.274. The number of benzene rings is 2. The molecule has 2 heterocycles. The SMILES string of the molecule is COc1cc(O)cc(CC(NC(=O)C(C)CC(=O)CN2CCOCC2)C(=O)NC(Cc2ccccc2)C(=O)C2(C)CO2)c1. The van der Waals surface area contributed by atoms with Crippen LogP contribution in [0.1, 0.15) is 31.4 Å². The first-order valence-electron chi connectivity index (χ1n) is 14.6. The number of hydrogen-bond acceptors (Lipinski definition) is 9. The molecular formula is C32H41N3O8. The van der Waals surface area contributed by atoms with Crippen molar-refractivity contribution in [3.8, 4) is 11.5 Å². The second-order valence-electron chi connectivity index (χ2n) is 11.5. The highest BCUT2D eigenvalue weighted by Crippen LogP contribution is 2.29. The largest absolute Gasteiger partial charge is 0.508 e. The Morgan fingerprint density at radius 3 is 2.28 bits per heavy atom. The van der Waals surface area contributed by atoms with Crippen molar-refractivity contribution >= 4 is 23.4 Å². The number of methoxy groups -OCH3 is 1. The van der Waals surface area contributed by atoms with Gasteiger partial charge in [0.25, 0.3) is 0 Å². The molecule has 4 unspecified atom stereocenters. The number of phenolic OH excluding ortho intramolecular Hbond substituents is 1. The van der Waals surface area contributed by atoms with Crippen molar-refractivity contribution in [1.82, 2.24) is 15.5 Å². The van der Waals surface area contributed by atoms with Gasteiger partial charge in [-0.05, 0) is 36.6 Å². The molecule has 0 aliphatic carbocycles. The van der Waals surface area contributed by atoms with Crippen molar-refractivity contribution < 1.29 is 38.5 Å². The number of Topliss-reactive ketones (excluding diaryl/α,β-unsaturated/α-hetero) is 2. The molecule has 0 saturated carbocycles. The second-order valence-corrected chi connectivity index (χ2v) is 11.5. The molecular weight excluding hydrogens is 554 g/mol. The van der Waals surface area contributed by atoms with Crippen LogP contribution in [-0.4, -0.2) is 97.6 Å². The third-order valence-corrected chi connectivity index (χ3v) is 7.76. The number of morpholine rings is 1. The van der Waals surface area contributed by atoms with Gasteiger partial charge >= 0.3 is 0 Å². The van der Waals surface area contributed by atoms with E-state index in [0.717, 1.165) is 5.56 Å². The van der Waals surface area contributed by atoms with Gasteiger partial charge in [0, 0.05) is 37.9 Å².